The zero-order chi connectivity index (χ0) is 13.8. The van der Waals surface area contributed by atoms with Crippen LogP contribution in [0.2, 0.25) is 0 Å². The summed E-state index contributed by atoms with van der Waals surface area (Å²) < 4.78 is 0. The molecule has 1 saturated heterocycles. The molecule has 0 aliphatic carbocycles. The lowest BCUT2D eigenvalue weighted by Crippen LogP contribution is -2.42. The van der Waals surface area contributed by atoms with Gasteiger partial charge >= 0.3 is 0 Å². The van der Waals surface area contributed by atoms with Gasteiger partial charge in [-0.05, 0) is 23.4 Å². The van der Waals surface area contributed by atoms with E-state index in [1.54, 1.807) is 11.3 Å². The Morgan fingerprint density at radius 2 is 2.05 bits per heavy atom. The predicted molar refractivity (Wildman–Crippen MR) is 80.0 cm³/mol. The SMILES string of the molecule is O=C(NCc1cccs1)C1CC(c2ccccc2)NN1. The molecule has 20 heavy (non-hydrogen) atoms. The highest BCUT2D eigenvalue weighted by atomic mass is 32.1. The molecular formula is C15H17N3OS. The number of benzene rings is 1. The van der Waals surface area contributed by atoms with E-state index < -0.39 is 0 Å². The van der Waals surface area contributed by atoms with Crippen LogP contribution in [0.1, 0.15) is 22.9 Å². The summed E-state index contributed by atoms with van der Waals surface area (Å²) >= 11 is 1.65. The largest absolute Gasteiger partial charge is 0.350 e. The summed E-state index contributed by atoms with van der Waals surface area (Å²) in [6.07, 6.45) is 0.764. The van der Waals surface area contributed by atoms with Gasteiger partial charge in [-0.15, -0.1) is 11.3 Å². The number of rotatable bonds is 4. The Morgan fingerprint density at radius 3 is 2.80 bits per heavy atom. The van der Waals surface area contributed by atoms with Crippen molar-refractivity contribution in [3.05, 3.63) is 58.3 Å². The molecule has 0 spiro atoms. The molecule has 2 aromatic rings. The molecule has 4 nitrogen and oxygen atoms in total. The second-order valence-corrected chi connectivity index (χ2v) is 5.87. The standard InChI is InChI=1S/C15H17N3OS/c19-15(16-10-12-7-4-8-20-12)14-9-13(17-18-14)11-5-2-1-3-6-11/h1-8,13-14,17-18H,9-10H2,(H,16,19). The third-order valence-corrected chi connectivity index (χ3v) is 4.31. The van der Waals surface area contributed by atoms with Crippen molar-refractivity contribution >= 4 is 17.2 Å². The van der Waals surface area contributed by atoms with Crippen LogP contribution in [0.25, 0.3) is 0 Å². The maximum atomic E-state index is 12.1. The van der Waals surface area contributed by atoms with Crippen molar-refractivity contribution in [1.82, 2.24) is 16.2 Å². The number of thiophene rings is 1. The average Bonchev–Trinajstić information content (AvgIpc) is 3.17. The van der Waals surface area contributed by atoms with Gasteiger partial charge in [0.1, 0.15) is 6.04 Å². The van der Waals surface area contributed by atoms with E-state index in [1.807, 2.05) is 35.7 Å². The highest BCUT2D eigenvalue weighted by Crippen LogP contribution is 2.21. The second-order valence-electron chi connectivity index (χ2n) is 4.84. The first-order valence-corrected chi connectivity index (χ1v) is 7.57. The number of hydrogen-bond acceptors (Lipinski definition) is 4. The highest BCUT2D eigenvalue weighted by molar-refractivity contribution is 7.09. The fraction of sp³-hybridized carbons (Fsp3) is 0.267. The fourth-order valence-corrected chi connectivity index (χ4v) is 2.99. The summed E-state index contributed by atoms with van der Waals surface area (Å²) in [5.74, 6) is 0.0457. The van der Waals surface area contributed by atoms with Gasteiger partial charge in [0.2, 0.25) is 5.91 Å². The Balaban J connectivity index is 1.53. The van der Waals surface area contributed by atoms with Crippen molar-refractivity contribution in [1.29, 1.82) is 0 Å². The van der Waals surface area contributed by atoms with E-state index in [1.165, 1.54) is 10.4 Å². The van der Waals surface area contributed by atoms with Gasteiger partial charge < -0.3 is 5.32 Å². The number of amides is 1. The molecule has 2 unspecified atom stereocenters. The van der Waals surface area contributed by atoms with E-state index in [9.17, 15) is 4.79 Å². The van der Waals surface area contributed by atoms with Crippen LogP contribution in [0.4, 0.5) is 0 Å². The van der Waals surface area contributed by atoms with Crippen LogP contribution in [-0.4, -0.2) is 11.9 Å². The molecule has 1 aliphatic heterocycles. The zero-order valence-electron chi connectivity index (χ0n) is 11.0. The molecule has 3 rings (SSSR count). The van der Waals surface area contributed by atoms with Gasteiger partial charge in [0.15, 0.2) is 0 Å². The van der Waals surface area contributed by atoms with Gasteiger partial charge in [-0.1, -0.05) is 36.4 Å². The maximum Gasteiger partial charge on any atom is 0.238 e. The van der Waals surface area contributed by atoms with Gasteiger partial charge in [0, 0.05) is 10.9 Å². The van der Waals surface area contributed by atoms with Crippen molar-refractivity contribution < 1.29 is 4.79 Å². The first-order valence-electron chi connectivity index (χ1n) is 6.69. The van der Waals surface area contributed by atoms with Gasteiger partial charge in [-0.25, -0.2) is 10.9 Å². The van der Waals surface area contributed by atoms with Crippen molar-refractivity contribution in [2.45, 2.75) is 25.0 Å². The molecule has 1 fully saturated rings. The summed E-state index contributed by atoms with van der Waals surface area (Å²) in [7, 11) is 0. The van der Waals surface area contributed by atoms with E-state index in [-0.39, 0.29) is 18.0 Å². The lowest BCUT2D eigenvalue weighted by Gasteiger charge is -2.10. The lowest BCUT2D eigenvalue weighted by atomic mass is 10.0. The van der Waals surface area contributed by atoms with Gasteiger partial charge in [-0.3, -0.25) is 4.79 Å². The summed E-state index contributed by atoms with van der Waals surface area (Å²) in [6.45, 7) is 0.602. The maximum absolute atomic E-state index is 12.1. The smallest absolute Gasteiger partial charge is 0.238 e. The molecule has 104 valence electrons. The van der Waals surface area contributed by atoms with E-state index in [4.69, 9.17) is 0 Å². The fourth-order valence-electron chi connectivity index (χ4n) is 2.34. The molecule has 1 aromatic carbocycles. The van der Waals surface area contributed by atoms with Crippen molar-refractivity contribution in [2.75, 3.05) is 0 Å². The van der Waals surface area contributed by atoms with Gasteiger partial charge in [-0.2, -0.15) is 0 Å². The molecular weight excluding hydrogens is 270 g/mol. The Kier molecular flexibility index (Phi) is 4.11. The Morgan fingerprint density at radius 1 is 1.20 bits per heavy atom. The number of nitrogens with one attached hydrogen (secondary N) is 3. The van der Waals surface area contributed by atoms with Crippen molar-refractivity contribution in [2.24, 2.45) is 0 Å². The second kappa shape index (κ2) is 6.17. The van der Waals surface area contributed by atoms with Crippen LogP contribution >= 0.6 is 11.3 Å². The Hall–Kier alpha value is -1.69. The molecule has 1 aliphatic rings. The first kappa shape index (κ1) is 13.3. The van der Waals surface area contributed by atoms with Gasteiger partial charge in [0.25, 0.3) is 0 Å². The Labute approximate surface area is 122 Å². The third-order valence-electron chi connectivity index (χ3n) is 3.44. The zero-order valence-corrected chi connectivity index (χ0v) is 11.8. The minimum absolute atomic E-state index is 0.0457. The van der Waals surface area contributed by atoms with Crippen LogP contribution in [0.5, 0.6) is 0 Å². The number of carbonyl (C=O) groups excluding carboxylic acids is 1. The van der Waals surface area contributed by atoms with E-state index in [0.29, 0.717) is 6.54 Å². The first-order chi connectivity index (χ1) is 9.83. The highest BCUT2D eigenvalue weighted by Gasteiger charge is 2.29. The molecule has 1 amide bonds. The Bertz CT molecular complexity index is 556. The van der Waals surface area contributed by atoms with E-state index in [0.717, 1.165) is 6.42 Å². The molecule has 2 atom stereocenters. The molecule has 2 heterocycles. The van der Waals surface area contributed by atoms with Crippen LogP contribution < -0.4 is 16.2 Å². The van der Waals surface area contributed by atoms with Gasteiger partial charge in [0.05, 0.1) is 6.54 Å². The molecule has 0 bridgehead atoms. The van der Waals surface area contributed by atoms with Crippen LogP contribution in [-0.2, 0) is 11.3 Å². The summed E-state index contributed by atoms with van der Waals surface area (Å²) in [4.78, 5) is 13.3. The summed E-state index contributed by atoms with van der Waals surface area (Å²) in [5, 5.41) is 4.98. The summed E-state index contributed by atoms with van der Waals surface area (Å²) in [6, 6.07) is 14.2. The monoisotopic (exact) mass is 287 g/mol. The number of hydrogen-bond donors (Lipinski definition) is 3. The van der Waals surface area contributed by atoms with E-state index in [2.05, 4.69) is 28.3 Å². The topological polar surface area (TPSA) is 53.2 Å². The van der Waals surface area contributed by atoms with Crippen LogP contribution in [0.15, 0.2) is 47.8 Å². The van der Waals surface area contributed by atoms with Crippen LogP contribution in [0.3, 0.4) is 0 Å². The number of hydrazine groups is 1. The average molecular weight is 287 g/mol. The molecule has 1 aromatic heterocycles. The third kappa shape index (κ3) is 3.07. The predicted octanol–water partition coefficient (Wildman–Crippen LogP) is 1.97. The van der Waals surface area contributed by atoms with Crippen LogP contribution in [0, 0.1) is 0 Å². The lowest BCUT2D eigenvalue weighted by molar-refractivity contribution is -0.123. The van der Waals surface area contributed by atoms with Crippen molar-refractivity contribution in [3.8, 4) is 0 Å². The molecule has 3 N–H and O–H groups in total. The minimum atomic E-state index is -0.180. The molecule has 5 heteroatoms. The molecule has 0 saturated carbocycles. The quantitative estimate of drug-likeness (QED) is 0.806. The normalized spacial score (nSPS) is 21.8. The summed E-state index contributed by atoms with van der Waals surface area (Å²) in [5.41, 5.74) is 7.47. The van der Waals surface area contributed by atoms with Crippen molar-refractivity contribution in [3.63, 3.8) is 0 Å². The minimum Gasteiger partial charge on any atom is -0.350 e. The molecule has 0 radical (unpaired) electrons. The van der Waals surface area contributed by atoms with E-state index >= 15 is 0 Å². The number of carbonyl (C=O) groups is 1.